The van der Waals surface area contributed by atoms with E-state index in [1.54, 1.807) is 18.4 Å². The monoisotopic (exact) mass is 429 g/mol. The average molecular weight is 430 g/mol. The molecule has 0 aliphatic carbocycles. The Balaban J connectivity index is 1.62. The van der Waals surface area contributed by atoms with E-state index in [2.05, 4.69) is 36.1 Å². The number of aromatic nitrogens is 2. The third-order valence-corrected chi connectivity index (χ3v) is 8.02. The van der Waals surface area contributed by atoms with Gasteiger partial charge >= 0.3 is 0 Å². The van der Waals surface area contributed by atoms with Crippen LogP contribution < -0.4 is 4.90 Å². The number of fused-ring (bicyclic) bond motifs is 1. The van der Waals surface area contributed by atoms with Crippen LogP contribution in [0.15, 0.2) is 30.3 Å². The van der Waals surface area contributed by atoms with Gasteiger partial charge in [0, 0.05) is 57.4 Å². The molecule has 30 heavy (non-hydrogen) atoms. The van der Waals surface area contributed by atoms with Crippen molar-refractivity contribution in [1.29, 1.82) is 0 Å². The molecular weight excluding hydrogens is 398 g/mol. The first-order chi connectivity index (χ1) is 14.4. The quantitative estimate of drug-likeness (QED) is 0.731. The summed E-state index contributed by atoms with van der Waals surface area (Å²) >= 11 is 0. The number of hydrogen-bond acceptors (Lipinski definition) is 5. The predicted molar refractivity (Wildman–Crippen MR) is 119 cm³/mol. The minimum Gasteiger partial charge on any atom is -0.352 e. The Morgan fingerprint density at radius 3 is 2.60 bits per heavy atom. The van der Waals surface area contributed by atoms with Gasteiger partial charge in [0.05, 0.1) is 0 Å². The van der Waals surface area contributed by atoms with Gasteiger partial charge in [0.2, 0.25) is 0 Å². The van der Waals surface area contributed by atoms with Crippen LogP contribution in [0.4, 0.5) is 5.82 Å². The molecule has 8 heteroatoms. The van der Waals surface area contributed by atoms with Crippen molar-refractivity contribution >= 4 is 16.0 Å². The van der Waals surface area contributed by atoms with Gasteiger partial charge < -0.3 is 4.90 Å². The van der Waals surface area contributed by atoms with Crippen LogP contribution in [-0.2, 0) is 23.2 Å². The molecule has 2 aliphatic rings. The lowest BCUT2D eigenvalue weighted by atomic mass is 9.97. The molecule has 2 aliphatic heterocycles. The molecule has 4 rings (SSSR count). The summed E-state index contributed by atoms with van der Waals surface area (Å²) < 4.78 is 28.1. The highest BCUT2D eigenvalue weighted by molar-refractivity contribution is 7.86. The van der Waals surface area contributed by atoms with Gasteiger partial charge in [0.1, 0.15) is 11.6 Å². The molecule has 0 amide bonds. The number of anilines is 1. The molecule has 2 aromatic rings. The van der Waals surface area contributed by atoms with Crippen LogP contribution in [0, 0.1) is 6.92 Å². The van der Waals surface area contributed by atoms with Gasteiger partial charge in [-0.3, -0.25) is 0 Å². The Bertz CT molecular complexity index is 994. The highest BCUT2D eigenvalue weighted by Crippen LogP contribution is 2.33. The molecule has 0 bridgehead atoms. The van der Waals surface area contributed by atoms with Crippen molar-refractivity contribution in [2.45, 2.75) is 45.1 Å². The summed E-state index contributed by atoms with van der Waals surface area (Å²) in [5.41, 5.74) is 3.53. The molecule has 1 atom stereocenters. The zero-order valence-corrected chi connectivity index (χ0v) is 18.9. The molecule has 7 nitrogen and oxygen atoms in total. The molecule has 162 valence electrons. The van der Waals surface area contributed by atoms with Gasteiger partial charge in [-0.2, -0.15) is 17.0 Å². The van der Waals surface area contributed by atoms with Crippen LogP contribution in [0.3, 0.4) is 0 Å². The summed E-state index contributed by atoms with van der Waals surface area (Å²) in [5.74, 6) is 1.84. The molecule has 1 aromatic carbocycles. The number of hydrogen-bond donors (Lipinski definition) is 0. The van der Waals surface area contributed by atoms with Crippen LogP contribution in [0.1, 0.15) is 47.8 Å². The molecule has 1 aromatic heterocycles. The Hall–Kier alpha value is -2.03. The van der Waals surface area contributed by atoms with Crippen molar-refractivity contribution in [2.75, 3.05) is 38.6 Å². The standard InChI is InChI=1S/C22H31N5O2S/c1-17-20-12-8-13-26(15-18-9-5-4-6-10-18)22(20)24-21(23-17)19-11-7-14-27(16-19)30(28,29)25(2)3/h4-6,9-10,19H,7-8,11-16H2,1-3H3/t19-/m1/s1. The minimum absolute atomic E-state index is 0.0259. The van der Waals surface area contributed by atoms with Gasteiger partial charge in [0.15, 0.2) is 0 Å². The molecule has 1 fully saturated rings. The van der Waals surface area contributed by atoms with E-state index in [0.717, 1.165) is 56.1 Å². The van der Waals surface area contributed by atoms with Gasteiger partial charge in [-0.1, -0.05) is 30.3 Å². The Morgan fingerprint density at radius 2 is 1.87 bits per heavy atom. The van der Waals surface area contributed by atoms with Crippen molar-refractivity contribution in [3.05, 3.63) is 53.0 Å². The molecule has 3 heterocycles. The maximum Gasteiger partial charge on any atom is 0.281 e. The average Bonchev–Trinajstić information content (AvgIpc) is 2.75. The van der Waals surface area contributed by atoms with Crippen LogP contribution in [0.5, 0.6) is 0 Å². The van der Waals surface area contributed by atoms with E-state index >= 15 is 0 Å². The Labute approximate surface area is 179 Å². The van der Waals surface area contributed by atoms with Crippen LogP contribution >= 0.6 is 0 Å². The lowest BCUT2D eigenvalue weighted by molar-refractivity contribution is 0.293. The summed E-state index contributed by atoms with van der Waals surface area (Å²) in [4.78, 5) is 12.2. The first kappa shape index (κ1) is 21.2. The molecule has 0 saturated carbocycles. The summed E-state index contributed by atoms with van der Waals surface area (Å²) in [6, 6.07) is 10.5. The molecule has 0 radical (unpaired) electrons. The van der Waals surface area contributed by atoms with E-state index in [-0.39, 0.29) is 5.92 Å². The second kappa shape index (κ2) is 8.61. The van der Waals surface area contributed by atoms with E-state index in [4.69, 9.17) is 9.97 Å². The number of piperidine rings is 1. The normalized spacial score (nSPS) is 20.4. The summed E-state index contributed by atoms with van der Waals surface area (Å²) in [7, 11) is -0.253. The Morgan fingerprint density at radius 1 is 1.10 bits per heavy atom. The summed E-state index contributed by atoms with van der Waals surface area (Å²) in [6.45, 7) is 4.87. The number of aryl methyl sites for hydroxylation is 1. The van der Waals surface area contributed by atoms with Crippen molar-refractivity contribution < 1.29 is 8.42 Å². The molecule has 0 unspecified atom stereocenters. The predicted octanol–water partition coefficient (Wildman–Crippen LogP) is 2.72. The molecule has 0 spiro atoms. The van der Waals surface area contributed by atoms with Crippen LogP contribution in [0.2, 0.25) is 0 Å². The third kappa shape index (κ3) is 4.22. The SMILES string of the molecule is Cc1nc([C@@H]2CCCN(S(=O)(=O)N(C)C)C2)nc2c1CCCN2Cc1ccccc1. The van der Waals surface area contributed by atoms with Crippen molar-refractivity contribution in [3.63, 3.8) is 0 Å². The van der Waals surface area contributed by atoms with Crippen LogP contribution in [-0.4, -0.2) is 60.7 Å². The van der Waals surface area contributed by atoms with E-state index in [0.29, 0.717) is 13.1 Å². The fourth-order valence-electron chi connectivity index (χ4n) is 4.44. The smallest absolute Gasteiger partial charge is 0.281 e. The third-order valence-electron chi connectivity index (χ3n) is 6.12. The maximum atomic E-state index is 12.6. The second-order valence-corrected chi connectivity index (χ2v) is 10.6. The lowest BCUT2D eigenvalue weighted by Crippen LogP contribution is -2.45. The maximum absolute atomic E-state index is 12.6. The number of nitrogens with zero attached hydrogens (tertiary/aromatic N) is 5. The van der Waals surface area contributed by atoms with Gasteiger partial charge in [0.25, 0.3) is 10.2 Å². The zero-order valence-electron chi connectivity index (χ0n) is 18.1. The summed E-state index contributed by atoms with van der Waals surface area (Å²) in [5, 5.41) is 0. The minimum atomic E-state index is -3.42. The first-order valence-electron chi connectivity index (χ1n) is 10.7. The van der Waals surface area contributed by atoms with Crippen molar-refractivity contribution in [3.8, 4) is 0 Å². The van der Waals surface area contributed by atoms with Crippen molar-refractivity contribution in [1.82, 2.24) is 18.6 Å². The van der Waals surface area contributed by atoms with Gasteiger partial charge in [-0.15, -0.1) is 0 Å². The highest BCUT2D eigenvalue weighted by atomic mass is 32.2. The highest BCUT2D eigenvalue weighted by Gasteiger charge is 2.33. The molecule has 1 saturated heterocycles. The number of benzene rings is 1. The van der Waals surface area contributed by atoms with Gasteiger partial charge in [-0.25, -0.2) is 9.97 Å². The van der Waals surface area contributed by atoms with Gasteiger partial charge in [-0.05, 0) is 38.2 Å². The van der Waals surface area contributed by atoms with E-state index < -0.39 is 10.2 Å². The Kier molecular flexibility index (Phi) is 6.09. The molecule has 0 N–H and O–H groups in total. The molecular formula is C22H31N5O2S. The van der Waals surface area contributed by atoms with E-state index in [1.165, 1.54) is 15.4 Å². The topological polar surface area (TPSA) is 69.6 Å². The lowest BCUT2D eigenvalue weighted by Gasteiger charge is -2.35. The zero-order chi connectivity index (χ0) is 21.3. The second-order valence-electron chi connectivity index (χ2n) is 8.47. The van der Waals surface area contributed by atoms with E-state index in [1.807, 2.05) is 6.07 Å². The largest absolute Gasteiger partial charge is 0.352 e. The fraction of sp³-hybridized carbons (Fsp3) is 0.545. The van der Waals surface area contributed by atoms with Crippen LogP contribution in [0.25, 0.3) is 0 Å². The van der Waals surface area contributed by atoms with Crippen molar-refractivity contribution in [2.24, 2.45) is 0 Å². The first-order valence-corrected chi connectivity index (χ1v) is 12.1. The van der Waals surface area contributed by atoms with E-state index in [9.17, 15) is 8.42 Å². The summed E-state index contributed by atoms with van der Waals surface area (Å²) in [6.07, 6.45) is 3.83. The fourth-order valence-corrected chi connectivity index (χ4v) is 5.63. The number of rotatable bonds is 5.